The molecule has 0 aromatic rings. The molecule has 0 spiro atoms. The van der Waals surface area contributed by atoms with Gasteiger partial charge in [0.1, 0.15) is 13.2 Å². The number of hydrogen-bond acceptors (Lipinski definition) is 6. The van der Waals surface area contributed by atoms with E-state index in [0.29, 0.717) is 19.3 Å². The number of unbranched alkanes of at least 4 members (excludes halogenated alkanes) is 21. The van der Waals surface area contributed by atoms with E-state index in [0.717, 1.165) is 109 Å². The van der Waals surface area contributed by atoms with Crippen molar-refractivity contribution < 1.29 is 28.6 Å². The molecule has 0 amide bonds. The molecule has 1 unspecified atom stereocenters. The number of hydrogen-bond donors (Lipinski definition) is 0. The summed E-state index contributed by atoms with van der Waals surface area (Å²) in [6, 6.07) is 0. The van der Waals surface area contributed by atoms with Gasteiger partial charge >= 0.3 is 17.9 Å². The van der Waals surface area contributed by atoms with Crippen molar-refractivity contribution in [3.63, 3.8) is 0 Å². The molecule has 0 N–H and O–H groups in total. The van der Waals surface area contributed by atoms with E-state index < -0.39 is 6.10 Å². The summed E-state index contributed by atoms with van der Waals surface area (Å²) in [5.74, 6) is -0.966. The second kappa shape index (κ2) is 59.4. The summed E-state index contributed by atoms with van der Waals surface area (Å²) in [6.45, 7) is 6.35. The predicted molar refractivity (Wildman–Crippen MR) is 311 cm³/mol. The molecule has 0 aromatic carbocycles. The number of esters is 3. The molecule has 0 aliphatic heterocycles. The molecule has 72 heavy (non-hydrogen) atoms. The minimum atomic E-state index is -0.810. The van der Waals surface area contributed by atoms with E-state index in [1.807, 2.05) is 0 Å². The van der Waals surface area contributed by atoms with Gasteiger partial charge in [-0.25, -0.2) is 0 Å². The van der Waals surface area contributed by atoms with Crippen molar-refractivity contribution in [3.8, 4) is 0 Å². The number of rotatable bonds is 52. The topological polar surface area (TPSA) is 78.9 Å². The van der Waals surface area contributed by atoms with Crippen LogP contribution in [0.3, 0.4) is 0 Å². The zero-order chi connectivity index (χ0) is 52.2. The molecule has 1 atom stereocenters. The van der Waals surface area contributed by atoms with Crippen molar-refractivity contribution in [2.45, 2.75) is 264 Å². The Morgan fingerprint density at radius 2 is 0.556 bits per heavy atom. The highest BCUT2D eigenvalue weighted by molar-refractivity contribution is 5.71. The SMILES string of the molecule is CC/C=C\C/C=C\C/C=C\C/C=C\C/C=C\CCCCCCCCCCCCCC(=O)OCC(COC(=O)CCCCCCCCCCCC)OC(=O)CCC/C=C\C/C=C\C/C=C\C/C=C\C/C=C\CC. The van der Waals surface area contributed by atoms with Crippen LogP contribution < -0.4 is 0 Å². The fraction of sp³-hybridized carbons (Fsp3) is 0.652. The maximum absolute atomic E-state index is 12.8. The van der Waals surface area contributed by atoms with Crippen LogP contribution in [0.2, 0.25) is 0 Å². The largest absolute Gasteiger partial charge is 0.462 e. The lowest BCUT2D eigenvalue weighted by molar-refractivity contribution is -0.167. The molecular formula is C66H108O6. The van der Waals surface area contributed by atoms with Gasteiger partial charge in [-0.3, -0.25) is 14.4 Å². The predicted octanol–water partition coefficient (Wildman–Crippen LogP) is 20.0. The smallest absolute Gasteiger partial charge is 0.306 e. The fourth-order valence-corrected chi connectivity index (χ4v) is 7.86. The van der Waals surface area contributed by atoms with Crippen molar-refractivity contribution in [2.24, 2.45) is 0 Å². The Morgan fingerprint density at radius 1 is 0.292 bits per heavy atom. The molecule has 0 rings (SSSR count). The second-order valence-electron chi connectivity index (χ2n) is 19.1. The minimum absolute atomic E-state index is 0.102. The Balaban J connectivity index is 4.32. The van der Waals surface area contributed by atoms with Crippen LogP contribution in [0.4, 0.5) is 0 Å². The van der Waals surface area contributed by atoms with E-state index in [2.05, 4.69) is 142 Å². The zero-order valence-electron chi connectivity index (χ0n) is 46.7. The monoisotopic (exact) mass is 997 g/mol. The number of carbonyl (C=O) groups is 3. The Labute approximate surface area is 443 Å². The average molecular weight is 998 g/mol. The van der Waals surface area contributed by atoms with Gasteiger partial charge < -0.3 is 14.2 Å². The molecular weight excluding hydrogens is 889 g/mol. The summed E-state index contributed by atoms with van der Waals surface area (Å²) in [6.07, 6.45) is 82.1. The number of carbonyl (C=O) groups excluding carboxylic acids is 3. The summed E-state index contributed by atoms with van der Waals surface area (Å²) < 4.78 is 16.8. The second-order valence-corrected chi connectivity index (χ2v) is 19.1. The molecule has 6 nitrogen and oxygen atoms in total. The van der Waals surface area contributed by atoms with Crippen LogP contribution in [0.5, 0.6) is 0 Å². The average Bonchev–Trinajstić information content (AvgIpc) is 3.38. The van der Waals surface area contributed by atoms with Crippen LogP contribution in [0.25, 0.3) is 0 Å². The van der Waals surface area contributed by atoms with Gasteiger partial charge in [0, 0.05) is 19.3 Å². The van der Waals surface area contributed by atoms with Crippen molar-refractivity contribution in [1.82, 2.24) is 0 Å². The third-order valence-electron chi connectivity index (χ3n) is 12.2. The molecule has 0 saturated heterocycles. The quantitative estimate of drug-likeness (QED) is 0.0261. The van der Waals surface area contributed by atoms with Crippen molar-refractivity contribution in [3.05, 3.63) is 122 Å². The highest BCUT2D eigenvalue weighted by Crippen LogP contribution is 2.15. The standard InChI is InChI=1S/C66H108O6/c1-4-7-10-13-16-19-22-24-26-28-29-30-31-32-33-34-35-36-37-39-40-42-44-47-50-53-56-59-65(68)71-62-63(61-70-64(67)58-55-52-49-46-21-18-15-12-9-6-3)72-66(69)60-57-54-51-48-45-43-41-38-27-25-23-20-17-14-11-8-5-2/h7-8,10-11,16-17,19-20,24-27,29-30,32-33,41,43,48,51,63H,4-6,9,12-15,18,21-23,28,31,34-40,42,44-47,49-50,52-62H2,1-3H3/b10-7-,11-8-,19-16-,20-17-,26-24-,27-25-,30-29-,33-32-,43-41-,51-48-. The van der Waals surface area contributed by atoms with Gasteiger partial charge in [0.2, 0.25) is 0 Å². The first-order chi connectivity index (χ1) is 35.5. The van der Waals surface area contributed by atoms with Gasteiger partial charge in [-0.1, -0.05) is 258 Å². The van der Waals surface area contributed by atoms with E-state index >= 15 is 0 Å². The van der Waals surface area contributed by atoms with E-state index in [4.69, 9.17) is 14.2 Å². The van der Waals surface area contributed by atoms with Gasteiger partial charge in [-0.15, -0.1) is 0 Å². The maximum Gasteiger partial charge on any atom is 0.306 e. The van der Waals surface area contributed by atoms with Gasteiger partial charge in [0.25, 0.3) is 0 Å². The van der Waals surface area contributed by atoms with Crippen LogP contribution in [0, 0.1) is 0 Å². The lowest BCUT2D eigenvalue weighted by Gasteiger charge is -2.18. The molecule has 0 radical (unpaired) electrons. The van der Waals surface area contributed by atoms with E-state index in [1.165, 1.54) is 103 Å². The van der Waals surface area contributed by atoms with Crippen LogP contribution in [0.15, 0.2) is 122 Å². The Morgan fingerprint density at radius 3 is 0.889 bits per heavy atom. The first-order valence-corrected chi connectivity index (χ1v) is 29.5. The molecule has 408 valence electrons. The molecule has 6 heteroatoms. The van der Waals surface area contributed by atoms with Gasteiger partial charge in [0.05, 0.1) is 0 Å². The number of allylic oxidation sites excluding steroid dienone is 20. The van der Waals surface area contributed by atoms with Crippen molar-refractivity contribution in [1.29, 1.82) is 0 Å². The van der Waals surface area contributed by atoms with Crippen LogP contribution in [-0.2, 0) is 28.6 Å². The lowest BCUT2D eigenvalue weighted by Crippen LogP contribution is -2.30. The molecule has 0 aliphatic rings. The molecule has 0 fully saturated rings. The summed E-state index contributed by atoms with van der Waals surface area (Å²) in [7, 11) is 0. The third-order valence-corrected chi connectivity index (χ3v) is 12.2. The Bertz CT molecular complexity index is 1520. The highest BCUT2D eigenvalue weighted by atomic mass is 16.6. The van der Waals surface area contributed by atoms with E-state index in [9.17, 15) is 14.4 Å². The minimum Gasteiger partial charge on any atom is -0.462 e. The highest BCUT2D eigenvalue weighted by Gasteiger charge is 2.19. The lowest BCUT2D eigenvalue weighted by atomic mass is 10.0. The van der Waals surface area contributed by atoms with E-state index in [-0.39, 0.29) is 37.5 Å². The van der Waals surface area contributed by atoms with Gasteiger partial charge in [0.15, 0.2) is 6.10 Å². The third kappa shape index (κ3) is 56.7. The van der Waals surface area contributed by atoms with Crippen LogP contribution in [-0.4, -0.2) is 37.2 Å². The fourth-order valence-electron chi connectivity index (χ4n) is 7.86. The number of ether oxygens (including phenoxy) is 3. The first kappa shape index (κ1) is 67.8. The van der Waals surface area contributed by atoms with Gasteiger partial charge in [-0.2, -0.15) is 0 Å². The van der Waals surface area contributed by atoms with Gasteiger partial charge in [-0.05, 0) is 103 Å². The van der Waals surface area contributed by atoms with E-state index in [1.54, 1.807) is 0 Å². The summed E-state index contributed by atoms with van der Waals surface area (Å²) >= 11 is 0. The normalized spacial score (nSPS) is 13.0. The van der Waals surface area contributed by atoms with Crippen molar-refractivity contribution >= 4 is 17.9 Å². The Kier molecular flexibility index (Phi) is 55.9. The summed E-state index contributed by atoms with van der Waals surface area (Å²) in [5, 5.41) is 0. The maximum atomic E-state index is 12.8. The Hall–Kier alpha value is -4.19. The molecule has 0 bridgehead atoms. The molecule has 0 aromatic heterocycles. The summed E-state index contributed by atoms with van der Waals surface area (Å²) in [4.78, 5) is 38.1. The first-order valence-electron chi connectivity index (χ1n) is 29.5. The zero-order valence-corrected chi connectivity index (χ0v) is 46.7. The van der Waals surface area contributed by atoms with Crippen LogP contribution in [0.1, 0.15) is 258 Å². The molecule has 0 heterocycles. The summed E-state index contributed by atoms with van der Waals surface area (Å²) in [5.41, 5.74) is 0. The molecule has 0 saturated carbocycles. The van der Waals surface area contributed by atoms with Crippen LogP contribution >= 0.6 is 0 Å². The molecule has 0 aliphatic carbocycles. The van der Waals surface area contributed by atoms with Crippen molar-refractivity contribution in [2.75, 3.05) is 13.2 Å².